The molecule has 0 radical (unpaired) electrons. The number of nitrogens with one attached hydrogen (secondary N) is 2. The molecular formula is C24H27N3O3S2. The minimum atomic E-state index is -1.17. The van der Waals surface area contributed by atoms with E-state index in [2.05, 4.69) is 41.7 Å². The van der Waals surface area contributed by atoms with E-state index in [0.717, 1.165) is 57.5 Å². The summed E-state index contributed by atoms with van der Waals surface area (Å²) in [6, 6.07) is 20.0. The number of fused-ring (bicyclic) bond motifs is 2. The van der Waals surface area contributed by atoms with Crippen molar-refractivity contribution in [2.45, 2.75) is 30.2 Å². The maximum absolute atomic E-state index is 13.2. The smallest absolute Gasteiger partial charge is 0.0892 e. The number of hydrogen-bond acceptors (Lipinski definition) is 7. The highest BCUT2D eigenvalue weighted by molar-refractivity contribution is 7.93. The summed E-state index contributed by atoms with van der Waals surface area (Å²) in [4.78, 5) is 9.01. The Hall–Kier alpha value is -2.36. The summed E-state index contributed by atoms with van der Waals surface area (Å²) >= 11 is 1.13. The molecule has 3 aromatic carbocycles. The summed E-state index contributed by atoms with van der Waals surface area (Å²) in [5, 5.41) is 3.53. The Labute approximate surface area is 195 Å². The van der Waals surface area contributed by atoms with Gasteiger partial charge in [-0.3, -0.25) is 0 Å². The summed E-state index contributed by atoms with van der Waals surface area (Å²) in [5.74, 6) is 0. The molecule has 1 aliphatic rings. The summed E-state index contributed by atoms with van der Waals surface area (Å²) in [6.45, 7) is 6.39. The average Bonchev–Trinajstić information content (AvgIpc) is 2.82. The number of aryl methyl sites for hydroxylation is 1. The largest absolute Gasteiger partial charge is 0.338 e. The van der Waals surface area contributed by atoms with Crippen LogP contribution in [0.5, 0.6) is 0 Å². The van der Waals surface area contributed by atoms with Gasteiger partial charge in [-0.15, -0.1) is 9.32 Å². The maximum Gasteiger partial charge on any atom is 0.0892 e. The highest BCUT2D eigenvalue weighted by atomic mass is 32.2. The van der Waals surface area contributed by atoms with Gasteiger partial charge in [0.15, 0.2) is 0 Å². The Bertz CT molecular complexity index is 1120. The van der Waals surface area contributed by atoms with E-state index in [1.54, 1.807) is 6.26 Å². The molecule has 1 heterocycles. The van der Waals surface area contributed by atoms with E-state index in [4.69, 9.17) is 9.32 Å². The fourth-order valence-electron chi connectivity index (χ4n) is 3.85. The minimum Gasteiger partial charge on any atom is -0.338 e. The first-order chi connectivity index (χ1) is 15.6. The maximum atomic E-state index is 13.2. The standard InChI is InChI=1S/C24H27N3O3S2/c1-17-12-13-23-24(18(17)2)27(21-10-6-7-11-22(21)32(23)28)15-14-25-16-19-8-4-5-9-20(19)26-29-30-31-3/h4-13,25-26H,14-16H2,1-3H3. The molecular weight excluding hydrogens is 442 g/mol. The molecule has 1 aliphatic heterocycles. The molecule has 8 heteroatoms. The van der Waals surface area contributed by atoms with Gasteiger partial charge in [-0.2, -0.15) is 0 Å². The molecule has 0 fully saturated rings. The van der Waals surface area contributed by atoms with Gasteiger partial charge in [-0.05, 0) is 54.8 Å². The second-order valence-electron chi connectivity index (χ2n) is 7.50. The fraction of sp³-hybridized carbons (Fsp3) is 0.250. The van der Waals surface area contributed by atoms with Gasteiger partial charge in [0.25, 0.3) is 0 Å². The van der Waals surface area contributed by atoms with Crippen LogP contribution in [0.1, 0.15) is 16.7 Å². The number of benzene rings is 3. The molecule has 0 saturated heterocycles. The van der Waals surface area contributed by atoms with Gasteiger partial charge in [0, 0.05) is 37.9 Å². The van der Waals surface area contributed by atoms with Gasteiger partial charge in [0.05, 0.1) is 37.7 Å². The number of rotatable bonds is 9. The Kier molecular flexibility index (Phi) is 7.49. The van der Waals surface area contributed by atoms with E-state index in [1.807, 2.05) is 48.5 Å². The van der Waals surface area contributed by atoms with E-state index in [-0.39, 0.29) is 0 Å². The Balaban J connectivity index is 1.50. The number of para-hydroxylation sites is 2. The highest BCUT2D eigenvalue weighted by Crippen LogP contribution is 2.44. The van der Waals surface area contributed by atoms with Gasteiger partial charge < -0.3 is 10.2 Å². The van der Waals surface area contributed by atoms with Crippen LogP contribution in [-0.4, -0.2) is 23.6 Å². The van der Waals surface area contributed by atoms with Crippen LogP contribution >= 0.6 is 12.0 Å². The number of hydrogen-bond donors (Lipinski definition) is 2. The molecule has 0 aliphatic carbocycles. The lowest BCUT2D eigenvalue weighted by Gasteiger charge is -2.34. The van der Waals surface area contributed by atoms with Crippen molar-refractivity contribution in [1.29, 1.82) is 0 Å². The third-order valence-electron chi connectivity index (χ3n) is 5.59. The van der Waals surface area contributed by atoms with Gasteiger partial charge >= 0.3 is 0 Å². The minimum absolute atomic E-state index is 0.673. The van der Waals surface area contributed by atoms with Crippen molar-refractivity contribution in [1.82, 2.24) is 5.32 Å². The van der Waals surface area contributed by atoms with Crippen LogP contribution in [0.4, 0.5) is 17.1 Å². The molecule has 0 amide bonds. The molecule has 0 bridgehead atoms. The summed E-state index contributed by atoms with van der Waals surface area (Å²) in [7, 11) is -1.17. The first-order valence-electron chi connectivity index (χ1n) is 10.4. The van der Waals surface area contributed by atoms with Gasteiger partial charge in [-0.25, -0.2) is 9.69 Å². The highest BCUT2D eigenvalue weighted by Gasteiger charge is 2.29. The second-order valence-corrected chi connectivity index (χ2v) is 9.38. The Morgan fingerprint density at radius 1 is 1.00 bits per heavy atom. The van der Waals surface area contributed by atoms with Crippen LogP contribution in [0.15, 0.2) is 70.5 Å². The number of nitrogens with zero attached hydrogens (tertiary/aromatic N) is 1. The molecule has 4 rings (SSSR count). The third-order valence-corrected chi connectivity index (χ3v) is 7.27. The summed E-state index contributed by atoms with van der Waals surface area (Å²) < 4.78 is 18.1. The Morgan fingerprint density at radius 3 is 2.62 bits per heavy atom. The van der Waals surface area contributed by atoms with Crippen molar-refractivity contribution in [2.24, 2.45) is 0 Å². The first kappa shape index (κ1) is 22.8. The molecule has 1 unspecified atom stereocenters. The number of anilines is 3. The van der Waals surface area contributed by atoms with E-state index in [0.29, 0.717) is 6.54 Å². The van der Waals surface area contributed by atoms with Crippen LogP contribution in [0.2, 0.25) is 0 Å². The predicted octanol–water partition coefficient (Wildman–Crippen LogP) is 5.26. The predicted molar refractivity (Wildman–Crippen MR) is 131 cm³/mol. The van der Waals surface area contributed by atoms with Crippen molar-refractivity contribution in [3.63, 3.8) is 0 Å². The lowest BCUT2D eigenvalue weighted by molar-refractivity contribution is -0.160. The molecule has 32 heavy (non-hydrogen) atoms. The Morgan fingerprint density at radius 2 is 1.78 bits per heavy atom. The van der Waals surface area contributed by atoms with Crippen LogP contribution in [0, 0.1) is 13.8 Å². The summed E-state index contributed by atoms with van der Waals surface area (Å²) in [6.07, 6.45) is 1.78. The van der Waals surface area contributed by atoms with E-state index in [9.17, 15) is 4.21 Å². The van der Waals surface area contributed by atoms with Crippen molar-refractivity contribution in [3.05, 3.63) is 77.4 Å². The van der Waals surface area contributed by atoms with Crippen LogP contribution in [0.25, 0.3) is 0 Å². The van der Waals surface area contributed by atoms with Crippen LogP contribution in [-0.2, 0) is 26.7 Å². The molecule has 0 spiro atoms. The normalized spacial score (nSPS) is 14.7. The molecule has 2 N–H and O–H groups in total. The van der Waals surface area contributed by atoms with Gasteiger partial charge in [-0.1, -0.05) is 36.4 Å². The van der Waals surface area contributed by atoms with Crippen molar-refractivity contribution < 1.29 is 13.5 Å². The SMILES string of the molecule is CSOONc1ccccc1CNCCN1c2ccccc2S(=O)c2ccc(C)c(C)c21. The quantitative estimate of drug-likeness (QED) is 0.192. The zero-order valence-corrected chi connectivity index (χ0v) is 20.0. The lowest BCUT2D eigenvalue weighted by Crippen LogP contribution is -2.32. The molecule has 3 aromatic rings. The summed E-state index contributed by atoms with van der Waals surface area (Å²) in [5.41, 5.74) is 9.19. The van der Waals surface area contributed by atoms with Crippen molar-refractivity contribution in [2.75, 3.05) is 29.7 Å². The molecule has 6 nitrogen and oxygen atoms in total. The molecule has 0 aromatic heterocycles. The zero-order chi connectivity index (χ0) is 22.5. The zero-order valence-electron chi connectivity index (χ0n) is 18.4. The lowest BCUT2D eigenvalue weighted by atomic mass is 10.1. The van der Waals surface area contributed by atoms with E-state index < -0.39 is 10.8 Å². The van der Waals surface area contributed by atoms with E-state index >= 15 is 0 Å². The van der Waals surface area contributed by atoms with Gasteiger partial charge in [0.1, 0.15) is 0 Å². The monoisotopic (exact) mass is 469 g/mol. The second kappa shape index (κ2) is 10.5. The molecule has 1 atom stereocenters. The van der Waals surface area contributed by atoms with Crippen molar-refractivity contribution >= 4 is 39.9 Å². The van der Waals surface area contributed by atoms with Crippen molar-refractivity contribution in [3.8, 4) is 0 Å². The van der Waals surface area contributed by atoms with Crippen LogP contribution in [0.3, 0.4) is 0 Å². The molecule has 0 saturated carbocycles. The van der Waals surface area contributed by atoms with Crippen LogP contribution < -0.4 is 15.7 Å². The topological polar surface area (TPSA) is 62.8 Å². The molecule has 168 valence electrons. The fourth-order valence-corrected chi connectivity index (χ4v) is 5.39. The van der Waals surface area contributed by atoms with E-state index in [1.165, 1.54) is 11.1 Å². The third kappa shape index (κ3) is 4.69. The average molecular weight is 470 g/mol. The van der Waals surface area contributed by atoms with Gasteiger partial charge in [0.2, 0.25) is 0 Å². The first-order valence-corrected chi connectivity index (χ1v) is 12.7.